The lowest BCUT2D eigenvalue weighted by atomic mass is 10.1. The standard InChI is InChI=1S/C19H18N2O4S/c1-12-3-8-18-15(9-12)10-16(19(23)21-18)11-20-26(24,25)17-6-4-14(5-7-17)13(2)22/h3-10,20H,11H2,1-2H3,(H,21,23). The number of H-pyrrole nitrogens is 1. The number of benzene rings is 2. The molecular weight excluding hydrogens is 352 g/mol. The summed E-state index contributed by atoms with van der Waals surface area (Å²) in [5, 5.41) is 0.838. The SMILES string of the molecule is CC(=O)c1ccc(S(=O)(=O)NCc2cc3cc(C)ccc3[nH]c2=O)cc1. The zero-order valence-corrected chi connectivity index (χ0v) is 15.2. The summed E-state index contributed by atoms with van der Waals surface area (Å²) in [5.74, 6) is -0.139. The van der Waals surface area contributed by atoms with Crippen LogP contribution in [-0.4, -0.2) is 19.2 Å². The predicted molar refractivity (Wildman–Crippen MR) is 99.8 cm³/mol. The zero-order valence-electron chi connectivity index (χ0n) is 14.4. The lowest BCUT2D eigenvalue weighted by Crippen LogP contribution is -2.27. The van der Waals surface area contributed by atoms with Crippen molar-refractivity contribution in [3.63, 3.8) is 0 Å². The van der Waals surface area contributed by atoms with E-state index in [1.165, 1.54) is 31.2 Å². The number of Topliss-reactive ketones (excluding diaryl/α,β-unsaturated/α-hetero) is 1. The molecule has 3 aromatic rings. The number of carbonyl (C=O) groups is 1. The van der Waals surface area contributed by atoms with Crippen LogP contribution in [0.2, 0.25) is 0 Å². The van der Waals surface area contributed by atoms with E-state index in [0.29, 0.717) is 16.6 Å². The number of carbonyl (C=O) groups excluding carboxylic acids is 1. The Morgan fingerprint density at radius 2 is 1.77 bits per heavy atom. The Labute approximate surface area is 150 Å². The summed E-state index contributed by atoms with van der Waals surface area (Å²) in [7, 11) is -3.79. The molecule has 2 N–H and O–H groups in total. The number of sulfonamides is 1. The molecule has 0 fully saturated rings. The first-order valence-electron chi connectivity index (χ1n) is 7.99. The highest BCUT2D eigenvalue weighted by atomic mass is 32.2. The Morgan fingerprint density at radius 3 is 2.42 bits per heavy atom. The maximum atomic E-state index is 12.4. The Morgan fingerprint density at radius 1 is 1.08 bits per heavy atom. The van der Waals surface area contributed by atoms with Crippen molar-refractivity contribution in [1.29, 1.82) is 0 Å². The number of aryl methyl sites for hydroxylation is 1. The first-order chi connectivity index (χ1) is 12.3. The van der Waals surface area contributed by atoms with Crippen LogP contribution in [0, 0.1) is 6.92 Å². The van der Waals surface area contributed by atoms with Crippen LogP contribution < -0.4 is 10.3 Å². The summed E-state index contributed by atoms with van der Waals surface area (Å²) in [6.07, 6.45) is 0. The lowest BCUT2D eigenvalue weighted by Gasteiger charge is -2.08. The van der Waals surface area contributed by atoms with Crippen molar-refractivity contribution in [2.75, 3.05) is 0 Å². The van der Waals surface area contributed by atoms with Gasteiger partial charge in [0.15, 0.2) is 5.78 Å². The van der Waals surface area contributed by atoms with Crippen molar-refractivity contribution < 1.29 is 13.2 Å². The Hall–Kier alpha value is -2.77. The molecule has 0 spiro atoms. The van der Waals surface area contributed by atoms with Crippen molar-refractivity contribution in [3.8, 4) is 0 Å². The number of aromatic amines is 1. The third-order valence-corrected chi connectivity index (χ3v) is 5.52. The van der Waals surface area contributed by atoms with Gasteiger partial charge in [-0.25, -0.2) is 13.1 Å². The van der Waals surface area contributed by atoms with Gasteiger partial charge in [0.25, 0.3) is 5.56 Å². The molecule has 0 bridgehead atoms. The minimum atomic E-state index is -3.79. The van der Waals surface area contributed by atoms with Crippen molar-refractivity contribution in [2.45, 2.75) is 25.3 Å². The minimum absolute atomic E-state index is 0.0376. The fourth-order valence-corrected chi connectivity index (χ4v) is 3.63. The maximum Gasteiger partial charge on any atom is 0.252 e. The third-order valence-electron chi connectivity index (χ3n) is 4.10. The second-order valence-corrected chi connectivity index (χ2v) is 7.89. The van der Waals surface area contributed by atoms with Crippen LogP contribution in [0.5, 0.6) is 0 Å². The molecule has 3 rings (SSSR count). The highest BCUT2D eigenvalue weighted by Crippen LogP contribution is 2.14. The number of rotatable bonds is 5. The number of hydrogen-bond acceptors (Lipinski definition) is 4. The molecule has 0 radical (unpaired) electrons. The van der Waals surface area contributed by atoms with Crippen molar-refractivity contribution in [2.24, 2.45) is 0 Å². The van der Waals surface area contributed by atoms with Gasteiger partial charge in [-0.15, -0.1) is 0 Å². The number of pyridine rings is 1. The maximum absolute atomic E-state index is 12.4. The molecule has 0 atom stereocenters. The summed E-state index contributed by atoms with van der Waals surface area (Å²) in [6.45, 7) is 3.23. The smallest absolute Gasteiger partial charge is 0.252 e. The van der Waals surface area contributed by atoms with Crippen LogP contribution in [0.3, 0.4) is 0 Å². The molecule has 2 aromatic carbocycles. The van der Waals surface area contributed by atoms with E-state index in [-0.39, 0.29) is 22.8 Å². The van der Waals surface area contributed by atoms with Gasteiger partial charge in [-0.05, 0) is 49.6 Å². The molecule has 0 saturated heterocycles. The molecule has 1 aromatic heterocycles. The van der Waals surface area contributed by atoms with E-state index in [4.69, 9.17) is 0 Å². The molecule has 0 saturated carbocycles. The van der Waals surface area contributed by atoms with Gasteiger partial charge < -0.3 is 4.98 Å². The van der Waals surface area contributed by atoms with Gasteiger partial charge in [0.1, 0.15) is 0 Å². The van der Waals surface area contributed by atoms with Crippen LogP contribution in [0.25, 0.3) is 10.9 Å². The van der Waals surface area contributed by atoms with E-state index in [9.17, 15) is 18.0 Å². The average molecular weight is 370 g/mol. The Kier molecular flexibility index (Phi) is 4.76. The van der Waals surface area contributed by atoms with Gasteiger partial charge in [-0.3, -0.25) is 9.59 Å². The van der Waals surface area contributed by atoms with Gasteiger partial charge in [-0.1, -0.05) is 23.8 Å². The van der Waals surface area contributed by atoms with Gasteiger partial charge in [0.05, 0.1) is 4.90 Å². The van der Waals surface area contributed by atoms with E-state index in [2.05, 4.69) is 9.71 Å². The van der Waals surface area contributed by atoms with Crippen molar-refractivity contribution in [1.82, 2.24) is 9.71 Å². The second-order valence-electron chi connectivity index (χ2n) is 6.12. The molecule has 7 heteroatoms. The van der Waals surface area contributed by atoms with Crippen LogP contribution in [0.4, 0.5) is 0 Å². The molecule has 134 valence electrons. The molecular formula is C19H18N2O4S. The fourth-order valence-electron chi connectivity index (χ4n) is 2.63. The molecule has 6 nitrogen and oxygen atoms in total. The molecule has 0 aliphatic rings. The van der Waals surface area contributed by atoms with E-state index in [1.54, 1.807) is 6.07 Å². The average Bonchev–Trinajstić information content (AvgIpc) is 2.60. The number of ketones is 1. The van der Waals surface area contributed by atoms with E-state index in [1.807, 2.05) is 25.1 Å². The zero-order chi connectivity index (χ0) is 18.9. The molecule has 0 unspecified atom stereocenters. The topological polar surface area (TPSA) is 96.1 Å². The predicted octanol–water partition coefficient (Wildman–Crippen LogP) is 2.52. The quantitative estimate of drug-likeness (QED) is 0.675. The minimum Gasteiger partial charge on any atom is -0.322 e. The van der Waals surface area contributed by atoms with E-state index >= 15 is 0 Å². The fraction of sp³-hybridized carbons (Fsp3) is 0.158. The van der Waals surface area contributed by atoms with Gasteiger partial charge in [0, 0.05) is 23.2 Å². The van der Waals surface area contributed by atoms with Gasteiger partial charge >= 0.3 is 0 Å². The van der Waals surface area contributed by atoms with Crippen LogP contribution >= 0.6 is 0 Å². The van der Waals surface area contributed by atoms with Crippen LogP contribution in [-0.2, 0) is 16.6 Å². The number of nitrogens with one attached hydrogen (secondary N) is 2. The van der Waals surface area contributed by atoms with Gasteiger partial charge in [0.2, 0.25) is 10.0 Å². The van der Waals surface area contributed by atoms with Crippen LogP contribution in [0.15, 0.2) is 58.2 Å². The van der Waals surface area contributed by atoms with E-state index in [0.717, 1.165) is 10.9 Å². The molecule has 0 amide bonds. The summed E-state index contributed by atoms with van der Waals surface area (Å²) >= 11 is 0. The lowest BCUT2D eigenvalue weighted by molar-refractivity contribution is 0.101. The molecule has 0 aliphatic heterocycles. The summed E-state index contributed by atoms with van der Waals surface area (Å²) in [4.78, 5) is 26.2. The molecule has 26 heavy (non-hydrogen) atoms. The number of hydrogen-bond donors (Lipinski definition) is 2. The van der Waals surface area contributed by atoms with Crippen molar-refractivity contribution in [3.05, 3.63) is 75.6 Å². The van der Waals surface area contributed by atoms with Crippen molar-refractivity contribution >= 4 is 26.7 Å². The normalized spacial score (nSPS) is 11.6. The first-order valence-corrected chi connectivity index (χ1v) is 9.48. The highest BCUT2D eigenvalue weighted by molar-refractivity contribution is 7.89. The largest absolute Gasteiger partial charge is 0.322 e. The molecule has 0 aliphatic carbocycles. The van der Waals surface area contributed by atoms with E-state index < -0.39 is 10.0 Å². The second kappa shape index (κ2) is 6.86. The number of fused-ring (bicyclic) bond motifs is 1. The Balaban J connectivity index is 1.85. The molecule has 1 heterocycles. The Bertz CT molecular complexity index is 1150. The monoisotopic (exact) mass is 370 g/mol. The first kappa shape index (κ1) is 18.0. The van der Waals surface area contributed by atoms with Crippen LogP contribution in [0.1, 0.15) is 28.4 Å². The third kappa shape index (κ3) is 3.74. The summed E-state index contributed by atoms with van der Waals surface area (Å²) in [6, 6.07) is 13.0. The number of aromatic nitrogens is 1. The summed E-state index contributed by atoms with van der Waals surface area (Å²) < 4.78 is 27.2. The van der Waals surface area contributed by atoms with Gasteiger partial charge in [-0.2, -0.15) is 0 Å². The summed E-state index contributed by atoms with van der Waals surface area (Å²) in [5.41, 5.74) is 2.17. The highest BCUT2D eigenvalue weighted by Gasteiger charge is 2.15.